The summed E-state index contributed by atoms with van der Waals surface area (Å²) in [5, 5.41) is 4.53. The fourth-order valence-electron chi connectivity index (χ4n) is 7.16. The van der Waals surface area contributed by atoms with Gasteiger partial charge in [-0.05, 0) is 74.3 Å². The van der Waals surface area contributed by atoms with Gasteiger partial charge in [-0.25, -0.2) is 15.0 Å². The molecule has 9 aromatic rings. The smallest absolute Gasteiger partial charge is 0.164 e. The average Bonchev–Trinajstić information content (AvgIpc) is 3.21. The molecular weight excluding hydrogens is 623 g/mol. The molecule has 1 aliphatic rings. The zero-order chi connectivity index (χ0) is 33.7. The van der Waals surface area contributed by atoms with Crippen LogP contribution in [-0.2, 0) is 0 Å². The van der Waals surface area contributed by atoms with Crippen molar-refractivity contribution in [2.75, 3.05) is 0 Å². The fraction of sp³-hybridized carbons (Fsp3) is 0. The van der Waals surface area contributed by atoms with Crippen molar-refractivity contribution in [1.82, 2.24) is 15.0 Å². The molecule has 0 fully saturated rings. The first-order chi connectivity index (χ1) is 25.2. The number of ether oxygens (including phenoxy) is 1. The SMILES string of the molecule is c1ccc(-c2ccc(-c3nc(-c4ccccc4)nc(-c4ccc5c6c(cccc46)-c4cc(-c6ccc7ccccc7c6)ccc4O5)n3)cc2)cc1. The number of aromatic nitrogens is 3. The van der Waals surface area contributed by atoms with Crippen LogP contribution in [0.5, 0.6) is 11.5 Å². The summed E-state index contributed by atoms with van der Waals surface area (Å²) in [6, 6.07) is 61.1. The molecular formula is C47H29N3O. The summed E-state index contributed by atoms with van der Waals surface area (Å²) in [7, 11) is 0. The second kappa shape index (κ2) is 11.9. The predicted molar refractivity (Wildman–Crippen MR) is 208 cm³/mol. The summed E-state index contributed by atoms with van der Waals surface area (Å²) >= 11 is 0. The Kier molecular flexibility index (Phi) is 6.78. The van der Waals surface area contributed by atoms with Gasteiger partial charge in [-0.2, -0.15) is 0 Å². The molecule has 2 heterocycles. The normalized spacial score (nSPS) is 11.7. The third kappa shape index (κ3) is 5.13. The summed E-state index contributed by atoms with van der Waals surface area (Å²) < 4.78 is 6.58. The molecule has 51 heavy (non-hydrogen) atoms. The van der Waals surface area contributed by atoms with E-state index in [1.54, 1.807) is 0 Å². The van der Waals surface area contributed by atoms with Crippen molar-refractivity contribution in [3.05, 3.63) is 176 Å². The van der Waals surface area contributed by atoms with Gasteiger partial charge in [-0.3, -0.25) is 0 Å². The van der Waals surface area contributed by atoms with Crippen LogP contribution in [0, 0.1) is 0 Å². The fourth-order valence-corrected chi connectivity index (χ4v) is 7.16. The number of nitrogens with zero attached hydrogens (tertiary/aromatic N) is 3. The second-order valence-corrected chi connectivity index (χ2v) is 12.8. The van der Waals surface area contributed by atoms with Gasteiger partial charge in [0.2, 0.25) is 0 Å². The first kappa shape index (κ1) is 29.0. The van der Waals surface area contributed by atoms with E-state index in [0.29, 0.717) is 17.5 Å². The van der Waals surface area contributed by atoms with Crippen LogP contribution in [0.1, 0.15) is 0 Å². The largest absolute Gasteiger partial charge is 0.456 e. The van der Waals surface area contributed by atoms with Gasteiger partial charge in [0, 0.05) is 27.6 Å². The van der Waals surface area contributed by atoms with Crippen LogP contribution in [0.2, 0.25) is 0 Å². The van der Waals surface area contributed by atoms with Crippen molar-refractivity contribution in [3.8, 4) is 79.0 Å². The molecule has 0 atom stereocenters. The molecule has 4 nitrogen and oxygen atoms in total. The standard InChI is InChI=1S/C47H29N3O/c1-3-10-30(11-4-1)32-18-21-34(22-19-32)46-48-45(33-13-5-2-6-14-33)49-47(50-46)40-25-27-43-44-38(40)16-9-17-39(44)41-29-37(24-26-42(41)51-43)36-23-20-31-12-7-8-15-35(31)28-36/h1-29H. The lowest BCUT2D eigenvalue weighted by Gasteiger charge is -2.23. The lowest BCUT2D eigenvalue weighted by Crippen LogP contribution is -2.02. The van der Waals surface area contributed by atoms with Gasteiger partial charge in [0.05, 0.1) is 0 Å². The first-order valence-electron chi connectivity index (χ1n) is 17.1. The third-order valence-electron chi connectivity index (χ3n) is 9.73. The first-order valence-corrected chi connectivity index (χ1v) is 17.1. The Balaban J connectivity index is 1.11. The highest BCUT2D eigenvalue weighted by Gasteiger charge is 2.23. The maximum Gasteiger partial charge on any atom is 0.164 e. The zero-order valence-corrected chi connectivity index (χ0v) is 27.5. The van der Waals surface area contributed by atoms with Gasteiger partial charge < -0.3 is 4.74 Å². The van der Waals surface area contributed by atoms with E-state index in [4.69, 9.17) is 19.7 Å². The van der Waals surface area contributed by atoms with Crippen molar-refractivity contribution in [1.29, 1.82) is 0 Å². The predicted octanol–water partition coefficient (Wildman–Crippen LogP) is 12.3. The van der Waals surface area contributed by atoms with Crippen molar-refractivity contribution in [2.45, 2.75) is 0 Å². The van der Waals surface area contributed by atoms with Crippen molar-refractivity contribution < 1.29 is 4.74 Å². The second-order valence-electron chi connectivity index (χ2n) is 12.8. The summed E-state index contributed by atoms with van der Waals surface area (Å²) in [6.07, 6.45) is 0. The minimum absolute atomic E-state index is 0.616. The monoisotopic (exact) mass is 651 g/mol. The maximum absolute atomic E-state index is 6.58. The van der Waals surface area contributed by atoms with Gasteiger partial charge in [0.25, 0.3) is 0 Å². The van der Waals surface area contributed by atoms with Crippen molar-refractivity contribution in [3.63, 3.8) is 0 Å². The van der Waals surface area contributed by atoms with Crippen molar-refractivity contribution in [2.24, 2.45) is 0 Å². The number of fused-ring (bicyclic) bond motifs is 3. The summed E-state index contributed by atoms with van der Waals surface area (Å²) in [5.74, 6) is 3.54. The van der Waals surface area contributed by atoms with E-state index in [-0.39, 0.29) is 0 Å². The number of rotatable bonds is 5. The molecule has 0 saturated heterocycles. The molecule has 0 spiro atoms. The van der Waals surface area contributed by atoms with Crippen LogP contribution in [0.15, 0.2) is 176 Å². The third-order valence-corrected chi connectivity index (χ3v) is 9.73. The van der Waals surface area contributed by atoms with Gasteiger partial charge in [0.15, 0.2) is 17.5 Å². The highest BCUT2D eigenvalue weighted by molar-refractivity contribution is 6.09. The molecule has 4 heteroatoms. The van der Waals surface area contributed by atoms with Gasteiger partial charge >= 0.3 is 0 Å². The number of benzene rings is 8. The molecule has 238 valence electrons. The molecule has 0 radical (unpaired) electrons. The lowest BCUT2D eigenvalue weighted by atomic mass is 9.90. The maximum atomic E-state index is 6.58. The highest BCUT2D eigenvalue weighted by atomic mass is 16.5. The topological polar surface area (TPSA) is 47.9 Å². The van der Waals surface area contributed by atoms with Crippen LogP contribution in [0.4, 0.5) is 0 Å². The van der Waals surface area contributed by atoms with Crippen molar-refractivity contribution >= 4 is 21.5 Å². The molecule has 0 unspecified atom stereocenters. The Labute approximate surface area is 295 Å². The van der Waals surface area contributed by atoms with Crippen LogP contribution in [0.3, 0.4) is 0 Å². The summed E-state index contributed by atoms with van der Waals surface area (Å²) in [5.41, 5.74) is 9.61. The Morgan fingerprint density at radius 3 is 1.67 bits per heavy atom. The van der Waals surface area contributed by atoms with E-state index in [0.717, 1.165) is 61.2 Å². The Morgan fingerprint density at radius 2 is 0.882 bits per heavy atom. The minimum atomic E-state index is 0.616. The summed E-state index contributed by atoms with van der Waals surface area (Å²) in [4.78, 5) is 15.2. The minimum Gasteiger partial charge on any atom is -0.456 e. The molecule has 0 bridgehead atoms. The Hall–Kier alpha value is -6.91. The highest BCUT2D eigenvalue weighted by Crippen LogP contribution is 2.49. The van der Waals surface area contributed by atoms with Crippen LogP contribution in [0.25, 0.3) is 89.1 Å². The molecule has 1 aromatic heterocycles. The molecule has 10 rings (SSSR count). The molecule has 1 aliphatic heterocycles. The van der Waals surface area contributed by atoms with Crippen LogP contribution >= 0.6 is 0 Å². The van der Waals surface area contributed by atoms with Crippen LogP contribution in [-0.4, -0.2) is 15.0 Å². The molecule has 8 aromatic carbocycles. The molecule has 0 N–H and O–H groups in total. The van der Waals surface area contributed by atoms with E-state index in [2.05, 4.69) is 133 Å². The van der Waals surface area contributed by atoms with E-state index >= 15 is 0 Å². The Bertz CT molecular complexity index is 2760. The molecule has 0 saturated carbocycles. The Morgan fingerprint density at radius 1 is 0.314 bits per heavy atom. The zero-order valence-electron chi connectivity index (χ0n) is 27.5. The van der Waals surface area contributed by atoms with Crippen LogP contribution < -0.4 is 4.74 Å². The van der Waals surface area contributed by atoms with E-state index in [1.807, 2.05) is 42.5 Å². The van der Waals surface area contributed by atoms with Gasteiger partial charge in [-0.15, -0.1) is 0 Å². The van der Waals surface area contributed by atoms with Gasteiger partial charge in [0.1, 0.15) is 11.5 Å². The molecule has 0 amide bonds. The molecule has 0 aliphatic carbocycles. The summed E-state index contributed by atoms with van der Waals surface area (Å²) in [6.45, 7) is 0. The van der Waals surface area contributed by atoms with E-state index in [1.165, 1.54) is 21.9 Å². The van der Waals surface area contributed by atoms with E-state index < -0.39 is 0 Å². The average molecular weight is 652 g/mol. The number of hydrogen-bond donors (Lipinski definition) is 0. The van der Waals surface area contributed by atoms with E-state index in [9.17, 15) is 0 Å². The quantitative estimate of drug-likeness (QED) is 0.186. The number of hydrogen-bond acceptors (Lipinski definition) is 4. The van der Waals surface area contributed by atoms with Gasteiger partial charge in [-0.1, -0.05) is 146 Å². The lowest BCUT2D eigenvalue weighted by molar-refractivity contribution is 0.487.